The Hall–Kier alpha value is -0.130. The smallest absolute Gasteiger partial charge is 0.151 e. The van der Waals surface area contributed by atoms with Crippen molar-refractivity contribution in [1.82, 2.24) is 5.32 Å². The zero-order valence-corrected chi connectivity index (χ0v) is 9.93. The third-order valence-electron chi connectivity index (χ3n) is 2.75. The van der Waals surface area contributed by atoms with Crippen molar-refractivity contribution in [2.75, 3.05) is 24.7 Å². The summed E-state index contributed by atoms with van der Waals surface area (Å²) in [4.78, 5) is 0. The van der Waals surface area contributed by atoms with Gasteiger partial charge in [0.1, 0.15) is 0 Å². The van der Waals surface area contributed by atoms with E-state index < -0.39 is 9.84 Å². The van der Waals surface area contributed by atoms with Gasteiger partial charge in [0.25, 0.3) is 0 Å². The molecule has 1 unspecified atom stereocenters. The third kappa shape index (κ3) is 5.49. The minimum Gasteiger partial charge on any atom is -0.396 e. The minimum absolute atomic E-state index is 0.174. The molecule has 0 spiro atoms. The molecule has 2 N–H and O–H groups in total. The van der Waals surface area contributed by atoms with Gasteiger partial charge < -0.3 is 10.4 Å². The summed E-state index contributed by atoms with van der Waals surface area (Å²) in [5.74, 6) is 0.652. The molecule has 0 aliphatic carbocycles. The highest BCUT2D eigenvalue weighted by atomic mass is 32.2. The molecule has 0 amide bonds. The predicted molar refractivity (Wildman–Crippen MR) is 60.6 cm³/mol. The van der Waals surface area contributed by atoms with Gasteiger partial charge in [-0.05, 0) is 25.8 Å². The van der Waals surface area contributed by atoms with Crippen molar-refractivity contribution < 1.29 is 13.5 Å². The molecule has 1 saturated heterocycles. The second-order valence-electron chi connectivity index (χ2n) is 4.19. The summed E-state index contributed by atoms with van der Waals surface area (Å²) in [5.41, 5.74) is 0. The van der Waals surface area contributed by atoms with Crippen molar-refractivity contribution >= 4 is 9.84 Å². The van der Waals surface area contributed by atoms with E-state index in [1.807, 2.05) is 0 Å². The van der Waals surface area contributed by atoms with Gasteiger partial charge in [0, 0.05) is 12.6 Å². The molecular formula is C10H21NO3S. The number of aliphatic hydroxyl groups is 1. The lowest BCUT2D eigenvalue weighted by molar-refractivity contribution is 0.282. The van der Waals surface area contributed by atoms with Crippen LogP contribution in [0.1, 0.15) is 32.1 Å². The summed E-state index contributed by atoms with van der Waals surface area (Å²) >= 11 is 0. The maximum Gasteiger partial charge on any atom is 0.151 e. The van der Waals surface area contributed by atoms with Crippen LogP contribution in [-0.2, 0) is 9.84 Å². The van der Waals surface area contributed by atoms with E-state index >= 15 is 0 Å². The average molecular weight is 235 g/mol. The Balaban J connectivity index is 1.97. The van der Waals surface area contributed by atoms with E-state index in [0.717, 1.165) is 38.6 Å². The molecule has 0 radical (unpaired) electrons. The van der Waals surface area contributed by atoms with Crippen LogP contribution in [0.2, 0.25) is 0 Å². The second kappa shape index (κ2) is 6.45. The van der Waals surface area contributed by atoms with Gasteiger partial charge in [-0.15, -0.1) is 0 Å². The molecule has 1 aliphatic heterocycles. The molecule has 0 bridgehead atoms. The highest BCUT2D eigenvalue weighted by molar-refractivity contribution is 7.91. The maximum absolute atomic E-state index is 11.1. The molecule has 5 heteroatoms. The van der Waals surface area contributed by atoms with Gasteiger partial charge in [-0.2, -0.15) is 0 Å². The molecule has 0 aromatic rings. The Kier molecular flexibility index (Phi) is 5.56. The first-order valence-electron chi connectivity index (χ1n) is 5.69. The number of nitrogens with one attached hydrogen (secondary N) is 1. The largest absolute Gasteiger partial charge is 0.396 e. The summed E-state index contributed by atoms with van der Waals surface area (Å²) < 4.78 is 22.3. The monoisotopic (exact) mass is 235 g/mol. The number of hydrogen-bond acceptors (Lipinski definition) is 4. The molecule has 90 valence electrons. The topological polar surface area (TPSA) is 66.4 Å². The van der Waals surface area contributed by atoms with Gasteiger partial charge >= 0.3 is 0 Å². The Labute approximate surface area is 92.0 Å². The van der Waals surface area contributed by atoms with Crippen LogP contribution in [0.15, 0.2) is 0 Å². The fourth-order valence-corrected chi connectivity index (χ4v) is 3.56. The number of hydrogen-bond donors (Lipinski definition) is 2. The van der Waals surface area contributed by atoms with Gasteiger partial charge in [0.15, 0.2) is 9.84 Å². The molecule has 4 nitrogen and oxygen atoms in total. The molecule has 0 aromatic heterocycles. The normalized spacial score (nSPS) is 24.5. The van der Waals surface area contributed by atoms with E-state index in [4.69, 9.17) is 5.11 Å². The highest BCUT2D eigenvalue weighted by Crippen LogP contribution is 2.11. The van der Waals surface area contributed by atoms with Gasteiger partial charge in [-0.25, -0.2) is 8.42 Å². The van der Waals surface area contributed by atoms with Crippen LogP contribution in [0.4, 0.5) is 0 Å². The summed E-state index contributed by atoms with van der Waals surface area (Å²) in [6.07, 6.45) is 4.86. The van der Waals surface area contributed by atoms with E-state index in [0.29, 0.717) is 11.5 Å². The van der Waals surface area contributed by atoms with Gasteiger partial charge in [0.2, 0.25) is 0 Å². The van der Waals surface area contributed by atoms with Crippen molar-refractivity contribution in [3.63, 3.8) is 0 Å². The first-order chi connectivity index (χ1) is 7.14. The number of rotatable bonds is 7. The predicted octanol–water partition coefficient (Wildman–Crippen LogP) is 0.316. The van der Waals surface area contributed by atoms with E-state index in [9.17, 15) is 8.42 Å². The Morgan fingerprint density at radius 2 is 1.93 bits per heavy atom. The SMILES string of the molecule is O=S1(=O)CCC(NCCCCCCO)C1. The van der Waals surface area contributed by atoms with E-state index in [-0.39, 0.29) is 12.6 Å². The molecule has 15 heavy (non-hydrogen) atoms. The molecular weight excluding hydrogens is 214 g/mol. The van der Waals surface area contributed by atoms with Gasteiger partial charge in [-0.3, -0.25) is 0 Å². The molecule has 0 aromatic carbocycles. The summed E-state index contributed by atoms with van der Waals surface area (Å²) in [6, 6.07) is 0.174. The highest BCUT2D eigenvalue weighted by Gasteiger charge is 2.26. The number of sulfone groups is 1. The first kappa shape index (κ1) is 12.9. The first-order valence-corrected chi connectivity index (χ1v) is 7.51. The number of aliphatic hydroxyl groups excluding tert-OH is 1. The molecule has 1 rings (SSSR count). The van der Waals surface area contributed by atoms with Crippen molar-refractivity contribution in [2.45, 2.75) is 38.1 Å². The molecule has 1 atom stereocenters. The molecule has 1 heterocycles. The average Bonchev–Trinajstić information content (AvgIpc) is 2.52. The molecule has 1 fully saturated rings. The Morgan fingerprint density at radius 1 is 1.20 bits per heavy atom. The van der Waals surface area contributed by atoms with E-state index in [1.165, 1.54) is 0 Å². The zero-order valence-electron chi connectivity index (χ0n) is 9.11. The van der Waals surface area contributed by atoms with Crippen LogP contribution < -0.4 is 5.32 Å². The lowest BCUT2D eigenvalue weighted by Crippen LogP contribution is -2.30. The quantitative estimate of drug-likeness (QED) is 0.624. The fourth-order valence-electron chi connectivity index (χ4n) is 1.85. The lowest BCUT2D eigenvalue weighted by Gasteiger charge is -2.09. The molecule has 0 saturated carbocycles. The van der Waals surface area contributed by atoms with Crippen molar-refractivity contribution in [3.05, 3.63) is 0 Å². The maximum atomic E-state index is 11.1. The zero-order chi connectivity index (χ0) is 11.1. The van der Waals surface area contributed by atoms with Gasteiger partial charge in [0.05, 0.1) is 11.5 Å². The third-order valence-corrected chi connectivity index (χ3v) is 4.52. The summed E-state index contributed by atoms with van der Waals surface area (Å²) in [5, 5.41) is 11.8. The summed E-state index contributed by atoms with van der Waals surface area (Å²) in [7, 11) is -2.74. The van der Waals surface area contributed by atoms with Crippen LogP contribution in [0.5, 0.6) is 0 Å². The molecule has 1 aliphatic rings. The minimum atomic E-state index is -2.74. The fraction of sp³-hybridized carbons (Fsp3) is 1.00. The van der Waals surface area contributed by atoms with Crippen molar-refractivity contribution in [3.8, 4) is 0 Å². The second-order valence-corrected chi connectivity index (χ2v) is 6.42. The van der Waals surface area contributed by atoms with Crippen molar-refractivity contribution in [2.24, 2.45) is 0 Å². The van der Waals surface area contributed by atoms with Crippen molar-refractivity contribution in [1.29, 1.82) is 0 Å². The van der Waals surface area contributed by atoms with Gasteiger partial charge in [-0.1, -0.05) is 12.8 Å². The van der Waals surface area contributed by atoms with Crippen LogP contribution in [0, 0.1) is 0 Å². The summed E-state index contributed by atoms with van der Waals surface area (Å²) in [6.45, 7) is 1.17. The number of unbranched alkanes of at least 4 members (excludes halogenated alkanes) is 3. The Bertz CT molecular complexity index is 264. The van der Waals surface area contributed by atoms with E-state index in [1.54, 1.807) is 0 Å². The standard InChI is InChI=1S/C10H21NO3S/c12-7-4-2-1-3-6-11-10-5-8-15(13,14)9-10/h10-12H,1-9H2. The lowest BCUT2D eigenvalue weighted by atomic mass is 10.2. The van der Waals surface area contributed by atoms with Crippen LogP contribution >= 0.6 is 0 Å². The van der Waals surface area contributed by atoms with Crippen LogP contribution in [0.25, 0.3) is 0 Å². The Morgan fingerprint density at radius 3 is 2.53 bits per heavy atom. The van der Waals surface area contributed by atoms with E-state index in [2.05, 4.69) is 5.32 Å². The van der Waals surface area contributed by atoms with Crippen LogP contribution in [-0.4, -0.2) is 44.2 Å². The van der Waals surface area contributed by atoms with Crippen LogP contribution in [0.3, 0.4) is 0 Å².